The monoisotopic (exact) mass is 284 g/mol. The predicted molar refractivity (Wildman–Crippen MR) is 60.7 cm³/mol. The van der Waals surface area contributed by atoms with Gasteiger partial charge >= 0.3 is 5.97 Å². The van der Waals surface area contributed by atoms with Gasteiger partial charge in [-0.05, 0) is 0 Å². The van der Waals surface area contributed by atoms with Gasteiger partial charge < -0.3 is 24.8 Å². The summed E-state index contributed by atoms with van der Waals surface area (Å²) in [5.41, 5.74) is -3.06. The van der Waals surface area contributed by atoms with E-state index in [-0.39, 0.29) is 0 Å². The molecule has 2 fully saturated rings. The van der Waals surface area contributed by atoms with Crippen LogP contribution in [0.15, 0.2) is 17.2 Å². The van der Waals surface area contributed by atoms with Crippen LogP contribution >= 0.6 is 0 Å². The Morgan fingerprint density at radius 3 is 2.75 bits per heavy atom. The standard InChI is InChI=1S/C11H12N2O7/c1-19-10(17)4-8(16)13(3-2-12-4)9-6(15)11(18)5(14)7(11)20-9/h2-3,5-7,9,14-15,18H,1H3/t5?,6-,7+,9+,11-/m0/s1. The molecule has 9 heteroatoms. The molecule has 3 rings (SSSR count). The second-order valence-corrected chi connectivity index (χ2v) is 4.70. The lowest BCUT2D eigenvalue weighted by Crippen LogP contribution is -2.41. The average molecular weight is 284 g/mol. The van der Waals surface area contributed by atoms with Crippen LogP contribution in [0.1, 0.15) is 16.7 Å². The van der Waals surface area contributed by atoms with E-state index >= 15 is 0 Å². The number of methoxy groups -OCH3 is 1. The minimum absolute atomic E-state index is 0.459. The minimum Gasteiger partial charge on any atom is -0.464 e. The molecule has 0 aromatic carbocycles. The van der Waals surface area contributed by atoms with E-state index in [1.54, 1.807) is 0 Å². The van der Waals surface area contributed by atoms with Crippen molar-refractivity contribution in [1.82, 2.24) is 9.55 Å². The molecular weight excluding hydrogens is 272 g/mol. The molecule has 1 aromatic rings. The zero-order valence-corrected chi connectivity index (χ0v) is 10.3. The highest BCUT2D eigenvalue weighted by Crippen LogP contribution is 2.53. The van der Waals surface area contributed by atoms with Crippen LogP contribution in [-0.2, 0) is 9.47 Å². The summed E-state index contributed by atoms with van der Waals surface area (Å²) >= 11 is 0. The summed E-state index contributed by atoms with van der Waals surface area (Å²) in [6.45, 7) is 0. The van der Waals surface area contributed by atoms with Crippen molar-refractivity contribution < 1.29 is 29.6 Å². The van der Waals surface area contributed by atoms with Crippen molar-refractivity contribution in [2.24, 2.45) is 0 Å². The number of ether oxygens (including phenoxy) is 2. The molecule has 5 atom stereocenters. The normalized spacial score (nSPS) is 38.4. The molecule has 3 N–H and O–H groups in total. The number of carbonyl (C=O) groups excluding carboxylic acids is 1. The first-order chi connectivity index (χ1) is 9.42. The van der Waals surface area contributed by atoms with Gasteiger partial charge in [-0.2, -0.15) is 0 Å². The molecule has 9 nitrogen and oxygen atoms in total. The molecule has 108 valence electrons. The van der Waals surface area contributed by atoms with Crippen LogP contribution in [0.2, 0.25) is 0 Å². The van der Waals surface area contributed by atoms with Gasteiger partial charge in [-0.3, -0.25) is 9.36 Å². The van der Waals surface area contributed by atoms with Crippen molar-refractivity contribution >= 4 is 5.97 Å². The SMILES string of the molecule is COC(=O)c1nccn([C@@H]2O[C@@H]3C(O)[C@]3(O)[C@H]2O)c1=O. The Hall–Kier alpha value is -1.81. The van der Waals surface area contributed by atoms with Crippen molar-refractivity contribution in [1.29, 1.82) is 0 Å². The number of rotatable bonds is 2. The summed E-state index contributed by atoms with van der Waals surface area (Å²) in [5.74, 6) is -0.916. The van der Waals surface area contributed by atoms with Gasteiger partial charge in [0.25, 0.3) is 5.56 Å². The van der Waals surface area contributed by atoms with E-state index in [0.717, 1.165) is 11.7 Å². The summed E-state index contributed by atoms with van der Waals surface area (Å²) in [6.07, 6.45) is -2.45. The molecule has 20 heavy (non-hydrogen) atoms. The number of nitrogens with zero attached hydrogens (tertiary/aromatic N) is 2. The molecule has 1 aromatic heterocycles. The van der Waals surface area contributed by atoms with E-state index < -0.39 is 47.4 Å². The third kappa shape index (κ3) is 1.48. The third-order valence-electron chi connectivity index (χ3n) is 3.66. The minimum atomic E-state index is -1.78. The van der Waals surface area contributed by atoms with Gasteiger partial charge in [-0.15, -0.1) is 0 Å². The molecule has 0 radical (unpaired) electrons. The summed E-state index contributed by atoms with van der Waals surface area (Å²) in [7, 11) is 1.11. The first-order valence-electron chi connectivity index (χ1n) is 5.82. The Labute approximate surface area is 112 Å². The number of aliphatic hydroxyl groups is 3. The molecule has 0 spiro atoms. The highest BCUT2D eigenvalue weighted by Gasteiger charge is 2.76. The topological polar surface area (TPSA) is 131 Å². The third-order valence-corrected chi connectivity index (χ3v) is 3.66. The van der Waals surface area contributed by atoms with E-state index in [1.807, 2.05) is 0 Å². The Kier molecular flexibility index (Phi) is 2.70. The molecule has 1 aliphatic heterocycles. The van der Waals surface area contributed by atoms with Crippen LogP contribution in [0.3, 0.4) is 0 Å². The number of esters is 1. The van der Waals surface area contributed by atoms with Crippen molar-refractivity contribution in [2.75, 3.05) is 7.11 Å². The van der Waals surface area contributed by atoms with Gasteiger partial charge in [0.1, 0.15) is 18.3 Å². The van der Waals surface area contributed by atoms with Crippen molar-refractivity contribution in [3.05, 3.63) is 28.4 Å². The van der Waals surface area contributed by atoms with E-state index in [0.29, 0.717) is 0 Å². The largest absolute Gasteiger partial charge is 0.464 e. The molecular formula is C11H12N2O7. The molecule has 1 unspecified atom stereocenters. The Morgan fingerprint density at radius 2 is 2.20 bits per heavy atom. The fraction of sp³-hybridized carbons (Fsp3) is 0.545. The number of aliphatic hydroxyl groups excluding tert-OH is 2. The van der Waals surface area contributed by atoms with Crippen LogP contribution in [0.5, 0.6) is 0 Å². The fourth-order valence-corrected chi connectivity index (χ4v) is 2.40. The first kappa shape index (κ1) is 13.2. The number of hydrogen-bond acceptors (Lipinski definition) is 8. The van der Waals surface area contributed by atoms with Gasteiger partial charge in [-0.1, -0.05) is 0 Å². The van der Waals surface area contributed by atoms with Crippen molar-refractivity contribution in [3.8, 4) is 0 Å². The first-order valence-corrected chi connectivity index (χ1v) is 5.82. The maximum atomic E-state index is 12.1. The number of fused-ring (bicyclic) bond motifs is 1. The summed E-state index contributed by atoms with van der Waals surface area (Å²) < 4.78 is 10.6. The summed E-state index contributed by atoms with van der Waals surface area (Å²) in [5, 5.41) is 29.2. The molecule has 2 heterocycles. The zero-order valence-electron chi connectivity index (χ0n) is 10.3. The van der Waals surface area contributed by atoms with Gasteiger partial charge in [-0.25, -0.2) is 9.78 Å². The summed E-state index contributed by atoms with van der Waals surface area (Å²) in [4.78, 5) is 27.1. The molecule has 0 bridgehead atoms. The molecule has 1 saturated carbocycles. The lowest BCUT2D eigenvalue weighted by atomic mass is 10.1. The quantitative estimate of drug-likeness (QED) is 0.504. The Bertz CT molecular complexity index is 629. The lowest BCUT2D eigenvalue weighted by Gasteiger charge is -2.22. The van der Waals surface area contributed by atoms with E-state index in [2.05, 4.69) is 9.72 Å². The van der Waals surface area contributed by atoms with Crippen LogP contribution in [0.4, 0.5) is 0 Å². The number of hydrogen-bond donors (Lipinski definition) is 3. The van der Waals surface area contributed by atoms with Gasteiger partial charge in [0.05, 0.1) is 7.11 Å². The van der Waals surface area contributed by atoms with Crippen LogP contribution < -0.4 is 5.56 Å². The smallest absolute Gasteiger partial charge is 0.362 e. The lowest BCUT2D eigenvalue weighted by molar-refractivity contribution is -0.0970. The van der Waals surface area contributed by atoms with Crippen LogP contribution in [0, 0.1) is 0 Å². The van der Waals surface area contributed by atoms with Gasteiger partial charge in [0.2, 0.25) is 5.69 Å². The van der Waals surface area contributed by atoms with E-state index in [9.17, 15) is 24.9 Å². The molecule has 0 amide bonds. The highest BCUT2D eigenvalue weighted by atomic mass is 16.6. The van der Waals surface area contributed by atoms with E-state index in [1.165, 1.54) is 12.4 Å². The van der Waals surface area contributed by atoms with E-state index in [4.69, 9.17) is 4.74 Å². The van der Waals surface area contributed by atoms with Crippen LogP contribution in [0.25, 0.3) is 0 Å². The molecule has 1 aliphatic carbocycles. The molecule has 1 saturated heterocycles. The second-order valence-electron chi connectivity index (χ2n) is 4.70. The number of carbonyl (C=O) groups is 1. The molecule has 2 aliphatic rings. The second kappa shape index (κ2) is 4.09. The Morgan fingerprint density at radius 1 is 1.50 bits per heavy atom. The zero-order chi connectivity index (χ0) is 14.7. The maximum Gasteiger partial charge on any atom is 0.362 e. The van der Waals surface area contributed by atoms with Gasteiger partial charge in [0, 0.05) is 12.4 Å². The highest BCUT2D eigenvalue weighted by molar-refractivity contribution is 5.86. The van der Waals surface area contributed by atoms with Crippen molar-refractivity contribution in [3.63, 3.8) is 0 Å². The van der Waals surface area contributed by atoms with Gasteiger partial charge in [0.15, 0.2) is 11.8 Å². The Balaban J connectivity index is 1.97. The average Bonchev–Trinajstić information content (AvgIpc) is 2.84. The fourth-order valence-electron chi connectivity index (χ4n) is 2.40. The predicted octanol–water partition coefficient (Wildman–Crippen LogP) is -2.61. The number of aromatic nitrogens is 2. The van der Waals surface area contributed by atoms with Crippen LogP contribution in [-0.4, -0.2) is 61.9 Å². The summed E-state index contributed by atoms with van der Waals surface area (Å²) in [6, 6.07) is 0. The maximum absolute atomic E-state index is 12.1. The van der Waals surface area contributed by atoms with Crippen molar-refractivity contribution in [2.45, 2.75) is 30.1 Å².